The van der Waals surface area contributed by atoms with Gasteiger partial charge in [0, 0.05) is 50.7 Å². The second kappa shape index (κ2) is 7.71. The van der Waals surface area contributed by atoms with Crippen LogP contribution in [-0.4, -0.2) is 46.9 Å². The van der Waals surface area contributed by atoms with Gasteiger partial charge in [0.25, 0.3) is 5.91 Å². The van der Waals surface area contributed by atoms with Crippen molar-refractivity contribution in [3.8, 4) is 6.07 Å². The van der Waals surface area contributed by atoms with Gasteiger partial charge in [-0.15, -0.1) is 0 Å². The maximum atomic E-state index is 12.5. The van der Waals surface area contributed by atoms with Crippen molar-refractivity contribution in [2.75, 3.05) is 26.2 Å². The number of carbonyl (C=O) groups excluding carboxylic acids is 1. The topological polar surface area (TPSA) is 60.2 Å². The Morgan fingerprint density at radius 3 is 2.50 bits per heavy atom. The van der Waals surface area contributed by atoms with Gasteiger partial charge < -0.3 is 4.90 Å². The van der Waals surface area contributed by atoms with Gasteiger partial charge in [0.2, 0.25) is 0 Å². The first-order valence-electron chi connectivity index (χ1n) is 8.17. The summed E-state index contributed by atoms with van der Waals surface area (Å²) in [5.74, 6) is 0.0811. The van der Waals surface area contributed by atoms with Crippen molar-refractivity contribution < 1.29 is 4.79 Å². The Kier molecular flexibility index (Phi) is 5.19. The molecular formula is C19H20N4O. The molecule has 0 atom stereocenters. The van der Waals surface area contributed by atoms with Crippen LogP contribution >= 0.6 is 0 Å². The Labute approximate surface area is 142 Å². The zero-order chi connectivity index (χ0) is 16.8. The second-order valence-electron chi connectivity index (χ2n) is 5.97. The number of hydrogen-bond acceptors (Lipinski definition) is 4. The summed E-state index contributed by atoms with van der Waals surface area (Å²) in [5.41, 5.74) is 2.58. The molecule has 1 amide bonds. The Balaban J connectivity index is 1.58. The van der Waals surface area contributed by atoms with Gasteiger partial charge in [0.15, 0.2) is 0 Å². The third-order valence-corrected chi connectivity index (χ3v) is 4.29. The number of aromatic nitrogens is 1. The summed E-state index contributed by atoms with van der Waals surface area (Å²) in [4.78, 5) is 20.8. The summed E-state index contributed by atoms with van der Waals surface area (Å²) < 4.78 is 0. The molecule has 0 spiro atoms. The first-order chi connectivity index (χ1) is 11.8. The summed E-state index contributed by atoms with van der Waals surface area (Å²) in [6, 6.07) is 13.4. The average Bonchev–Trinajstić information content (AvgIpc) is 2.88. The van der Waals surface area contributed by atoms with Crippen LogP contribution < -0.4 is 0 Å². The van der Waals surface area contributed by atoms with E-state index in [1.165, 1.54) is 5.56 Å². The van der Waals surface area contributed by atoms with Gasteiger partial charge >= 0.3 is 0 Å². The first kappa shape index (κ1) is 16.2. The zero-order valence-electron chi connectivity index (χ0n) is 13.6. The molecule has 2 aromatic rings. The summed E-state index contributed by atoms with van der Waals surface area (Å²) in [6.07, 6.45) is 4.28. The molecule has 3 rings (SSSR count). The fourth-order valence-corrected chi connectivity index (χ4v) is 2.95. The summed E-state index contributed by atoms with van der Waals surface area (Å²) in [6.45, 7) is 4.20. The molecule has 1 aliphatic rings. The largest absolute Gasteiger partial charge is 0.337 e. The predicted molar refractivity (Wildman–Crippen MR) is 91.2 cm³/mol. The smallest absolute Gasteiger partial charge is 0.254 e. The minimum Gasteiger partial charge on any atom is -0.337 e. The Morgan fingerprint density at radius 1 is 1.04 bits per heavy atom. The van der Waals surface area contributed by atoms with E-state index in [0.717, 1.165) is 39.1 Å². The highest BCUT2D eigenvalue weighted by Gasteiger charge is 2.20. The summed E-state index contributed by atoms with van der Waals surface area (Å²) in [5, 5.41) is 8.86. The van der Waals surface area contributed by atoms with Gasteiger partial charge in [-0.25, -0.2) is 0 Å². The molecule has 0 N–H and O–H groups in total. The molecular weight excluding hydrogens is 300 g/mol. The molecule has 0 unspecified atom stereocenters. The lowest BCUT2D eigenvalue weighted by Gasteiger charge is -2.22. The number of nitrogens with zero attached hydrogens (tertiary/aromatic N) is 4. The van der Waals surface area contributed by atoms with Gasteiger partial charge in [0.1, 0.15) is 0 Å². The lowest BCUT2D eigenvalue weighted by molar-refractivity contribution is 0.0761. The minimum absolute atomic E-state index is 0.0811. The van der Waals surface area contributed by atoms with Crippen LogP contribution in [0.5, 0.6) is 0 Å². The van der Waals surface area contributed by atoms with E-state index in [-0.39, 0.29) is 5.91 Å². The molecule has 0 radical (unpaired) electrons. The third kappa shape index (κ3) is 3.98. The molecule has 0 aliphatic carbocycles. The molecule has 2 heterocycles. The Hall–Kier alpha value is -2.71. The number of rotatable bonds is 3. The van der Waals surface area contributed by atoms with Crippen LogP contribution in [0, 0.1) is 11.3 Å². The van der Waals surface area contributed by atoms with Gasteiger partial charge in [-0.2, -0.15) is 5.26 Å². The normalized spacial score (nSPS) is 15.5. The molecule has 0 bridgehead atoms. The van der Waals surface area contributed by atoms with Crippen LogP contribution in [0.1, 0.15) is 27.9 Å². The molecule has 1 fully saturated rings. The number of amides is 1. The molecule has 0 saturated carbocycles. The van der Waals surface area contributed by atoms with Gasteiger partial charge in [0.05, 0.1) is 11.6 Å². The highest BCUT2D eigenvalue weighted by Crippen LogP contribution is 2.12. The number of carbonyl (C=O) groups is 1. The average molecular weight is 320 g/mol. The standard InChI is InChI=1S/C19H20N4O/c20-14-16-2-4-17(5-3-16)15-22-10-1-11-23(13-12-22)19(24)18-6-8-21-9-7-18/h2-9H,1,10-13,15H2. The van der Waals surface area contributed by atoms with Crippen molar-refractivity contribution >= 4 is 5.91 Å². The predicted octanol–water partition coefficient (Wildman–Crippen LogP) is 2.30. The van der Waals surface area contributed by atoms with Crippen molar-refractivity contribution in [2.24, 2.45) is 0 Å². The van der Waals surface area contributed by atoms with Gasteiger partial charge in [-0.3, -0.25) is 14.7 Å². The SMILES string of the molecule is N#Cc1ccc(CN2CCCN(C(=O)c3ccncc3)CC2)cc1. The highest BCUT2D eigenvalue weighted by molar-refractivity contribution is 5.94. The Morgan fingerprint density at radius 2 is 1.79 bits per heavy atom. The van der Waals surface area contributed by atoms with E-state index in [9.17, 15) is 4.79 Å². The van der Waals surface area contributed by atoms with E-state index in [4.69, 9.17) is 5.26 Å². The number of nitriles is 1. The van der Waals surface area contributed by atoms with Crippen molar-refractivity contribution in [3.05, 3.63) is 65.5 Å². The van der Waals surface area contributed by atoms with Crippen molar-refractivity contribution in [1.29, 1.82) is 5.26 Å². The van der Waals surface area contributed by atoms with Crippen molar-refractivity contribution in [1.82, 2.24) is 14.8 Å². The third-order valence-electron chi connectivity index (χ3n) is 4.29. The molecule has 1 aliphatic heterocycles. The van der Waals surface area contributed by atoms with Crippen LogP contribution in [0.4, 0.5) is 0 Å². The molecule has 1 saturated heterocycles. The van der Waals surface area contributed by atoms with Crippen LogP contribution in [0.3, 0.4) is 0 Å². The van der Waals surface area contributed by atoms with E-state index < -0.39 is 0 Å². The minimum atomic E-state index is 0.0811. The molecule has 1 aromatic heterocycles. The van der Waals surface area contributed by atoms with Crippen LogP contribution in [0.2, 0.25) is 0 Å². The van der Waals surface area contributed by atoms with Crippen LogP contribution in [-0.2, 0) is 6.54 Å². The van der Waals surface area contributed by atoms with E-state index in [2.05, 4.69) is 16.0 Å². The van der Waals surface area contributed by atoms with E-state index in [1.807, 2.05) is 29.2 Å². The molecule has 5 nitrogen and oxygen atoms in total. The zero-order valence-corrected chi connectivity index (χ0v) is 13.6. The van der Waals surface area contributed by atoms with Gasteiger partial charge in [-0.1, -0.05) is 12.1 Å². The van der Waals surface area contributed by atoms with Crippen molar-refractivity contribution in [3.63, 3.8) is 0 Å². The summed E-state index contributed by atoms with van der Waals surface area (Å²) >= 11 is 0. The molecule has 1 aromatic carbocycles. The van der Waals surface area contributed by atoms with E-state index >= 15 is 0 Å². The maximum Gasteiger partial charge on any atom is 0.254 e. The number of pyridine rings is 1. The van der Waals surface area contributed by atoms with E-state index in [1.54, 1.807) is 24.5 Å². The molecule has 122 valence electrons. The van der Waals surface area contributed by atoms with E-state index in [0.29, 0.717) is 11.1 Å². The first-order valence-corrected chi connectivity index (χ1v) is 8.17. The molecule has 5 heteroatoms. The van der Waals surface area contributed by atoms with Crippen molar-refractivity contribution in [2.45, 2.75) is 13.0 Å². The lowest BCUT2D eigenvalue weighted by Crippen LogP contribution is -2.35. The maximum absolute atomic E-state index is 12.5. The Bertz CT molecular complexity index is 721. The lowest BCUT2D eigenvalue weighted by atomic mass is 10.1. The van der Waals surface area contributed by atoms with Crippen LogP contribution in [0.25, 0.3) is 0 Å². The van der Waals surface area contributed by atoms with Gasteiger partial charge in [-0.05, 0) is 36.2 Å². The fraction of sp³-hybridized carbons (Fsp3) is 0.316. The quantitative estimate of drug-likeness (QED) is 0.870. The van der Waals surface area contributed by atoms with Crippen LogP contribution in [0.15, 0.2) is 48.8 Å². The number of hydrogen-bond donors (Lipinski definition) is 0. The second-order valence-corrected chi connectivity index (χ2v) is 5.97. The number of benzene rings is 1. The fourth-order valence-electron chi connectivity index (χ4n) is 2.95. The molecule has 24 heavy (non-hydrogen) atoms. The summed E-state index contributed by atoms with van der Waals surface area (Å²) in [7, 11) is 0. The monoisotopic (exact) mass is 320 g/mol. The highest BCUT2D eigenvalue weighted by atomic mass is 16.2.